The number of hydrogen-bond donors (Lipinski definition) is 0. The lowest BCUT2D eigenvalue weighted by atomic mass is 10.1. The Morgan fingerprint density at radius 2 is 2.13 bits per heavy atom. The standard InChI is InChI=1S/C11H11BrO3/c1-8(13)15-7-9-3-2-4-10(5-9)11(14)6-12/h2-5H,6-7H2,1H3. The highest BCUT2D eigenvalue weighted by Crippen LogP contribution is 2.08. The van der Waals surface area contributed by atoms with Gasteiger partial charge in [-0.3, -0.25) is 9.59 Å². The van der Waals surface area contributed by atoms with Crippen molar-refractivity contribution in [2.24, 2.45) is 0 Å². The van der Waals surface area contributed by atoms with Gasteiger partial charge in [0.15, 0.2) is 5.78 Å². The predicted molar refractivity (Wildman–Crippen MR) is 60.0 cm³/mol. The number of hydrogen-bond acceptors (Lipinski definition) is 3. The number of ether oxygens (including phenoxy) is 1. The summed E-state index contributed by atoms with van der Waals surface area (Å²) in [6, 6.07) is 7.05. The molecule has 0 saturated heterocycles. The van der Waals surface area contributed by atoms with Gasteiger partial charge in [-0.1, -0.05) is 34.1 Å². The van der Waals surface area contributed by atoms with Crippen molar-refractivity contribution in [2.45, 2.75) is 13.5 Å². The number of alkyl halides is 1. The summed E-state index contributed by atoms with van der Waals surface area (Å²) in [5, 5.41) is 0.296. The van der Waals surface area contributed by atoms with Crippen LogP contribution >= 0.6 is 15.9 Å². The Hall–Kier alpha value is -1.16. The molecule has 0 aromatic heterocycles. The summed E-state index contributed by atoms with van der Waals surface area (Å²) in [5.41, 5.74) is 1.44. The fourth-order valence-electron chi connectivity index (χ4n) is 1.10. The molecule has 15 heavy (non-hydrogen) atoms. The monoisotopic (exact) mass is 270 g/mol. The Morgan fingerprint density at radius 3 is 2.73 bits per heavy atom. The SMILES string of the molecule is CC(=O)OCc1cccc(C(=O)CBr)c1. The number of esters is 1. The van der Waals surface area contributed by atoms with Crippen LogP contribution in [-0.4, -0.2) is 17.1 Å². The highest BCUT2D eigenvalue weighted by Gasteiger charge is 2.04. The molecular weight excluding hydrogens is 260 g/mol. The predicted octanol–water partition coefficient (Wildman–Crippen LogP) is 2.33. The summed E-state index contributed by atoms with van der Waals surface area (Å²) in [6.07, 6.45) is 0. The Balaban J connectivity index is 2.74. The average Bonchev–Trinajstić information content (AvgIpc) is 2.25. The molecule has 0 unspecified atom stereocenters. The Bertz CT molecular complexity index is 374. The molecule has 0 fully saturated rings. The van der Waals surface area contributed by atoms with Crippen LogP contribution in [0.5, 0.6) is 0 Å². The van der Waals surface area contributed by atoms with Crippen LogP contribution in [0.4, 0.5) is 0 Å². The van der Waals surface area contributed by atoms with E-state index < -0.39 is 0 Å². The first kappa shape index (κ1) is 11.9. The molecule has 3 nitrogen and oxygen atoms in total. The van der Waals surface area contributed by atoms with Crippen molar-refractivity contribution in [3.05, 3.63) is 35.4 Å². The van der Waals surface area contributed by atoms with Gasteiger partial charge in [0.05, 0.1) is 5.33 Å². The van der Waals surface area contributed by atoms with E-state index in [2.05, 4.69) is 15.9 Å². The molecule has 0 saturated carbocycles. The highest BCUT2D eigenvalue weighted by molar-refractivity contribution is 9.09. The number of benzene rings is 1. The largest absolute Gasteiger partial charge is 0.461 e. The van der Waals surface area contributed by atoms with Gasteiger partial charge in [0, 0.05) is 12.5 Å². The average molecular weight is 271 g/mol. The molecule has 0 bridgehead atoms. The normalized spacial score (nSPS) is 9.73. The first-order valence-electron chi connectivity index (χ1n) is 4.45. The van der Waals surface area contributed by atoms with Crippen LogP contribution in [0.1, 0.15) is 22.8 Å². The lowest BCUT2D eigenvalue weighted by Gasteiger charge is -2.03. The number of carbonyl (C=O) groups excluding carboxylic acids is 2. The molecule has 0 amide bonds. The Morgan fingerprint density at radius 1 is 1.40 bits per heavy atom. The zero-order valence-corrected chi connectivity index (χ0v) is 9.91. The second kappa shape index (κ2) is 5.66. The van der Waals surface area contributed by atoms with E-state index in [1.165, 1.54) is 6.92 Å². The molecular formula is C11H11BrO3. The molecule has 4 heteroatoms. The van der Waals surface area contributed by atoms with Crippen LogP contribution in [0.25, 0.3) is 0 Å². The minimum atomic E-state index is -0.327. The van der Waals surface area contributed by atoms with Crippen LogP contribution in [0.2, 0.25) is 0 Å². The lowest BCUT2D eigenvalue weighted by Crippen LogP contribution is -2.03. The molecule has 0 heterocycles. The van der Waals surface area contributed by atoms with Gasteiger partial charge in [0.2, 0.25) is 0 Å². The van der Waals surface area contributed by atoms with Crippen molar-refractivity contribution in [3.8, 4) is 0 Å². The van der Waals surface area contributed by atoms with Gasteiger partial charge in [-0.2, -0.15) is 0 Å². The van der Waals surface area contributed by atoms with Crippen LogP contribution in [0.3, 0.4) is 0 Å². The molecule has 0 aliphatic heterocycles. The van der Waals surface area contributed by atoms with Crippen molar-refractivity contribution >= 4 is 27.7 Å². The highest BCUT2D eigenvalue weighted by atomic mass is 79.9. The maximum absolute atomic E-state index is 11.3. The summed E-state index contributed by atoms with van der Waals surface area (Å²) < 4.78 is 4.83. The van der Waals surface area contributed by atoms with Gasteiger partial charge in [-0.05, 0) is 11.6 Å². The van der Waals surface area contributed by atoms with Crippen molar-refractivity contribution in [1.29, 1.82) is 0 Å². The molecule has 0 atom stereocenters. The summed E-state index contributed by atoms with van der Waals surface area (Å²) >= 11 is 3.10. The third kappa shape index (κ3) is 3.83. The number of carbonyl (C=O) groups is 2. The van der Waals surface area contributed by atoms with Crippen molar-refractivity contribution in [3.63, 3.8) is 0 Å². The maximum Gasteiger partial charge on any atom is 0.302 e. The van der Waals surface area contributed by atoms with Gasteiger partial charge in [0.25, 0.3) is 0 Å². The summed E-state index contributed by atoms with van der Waals surface area (Å²) in [5.74, 6) is -0.313. The maximum atomic E-state index is 11.3. The third-order valence-electron chi connectivity index (χ3n) is 1.81. The number of ketones is 1. The van der Waals surface area contributed by atoms with Crippen LogP contribution in [-0.2, 0) is 16.1 Å². The molecule has 80 valence electrons. The van der Waals surface area contributed by atoms with E-state index in [1.54, 1.807) is 18.2 Å². The van der Waals surface area contributed by atoms with Crippen LogP contribution < -0.4 is 0 Å². The van der Waals surface area contributed by atoms with Gasteiger partial charge in [-0.15, -0.1) is 0 Å². The number of Topliss-reactive ketones (excluding diaryl/α,β-unsaturated/α-hetero) is 1. The second-order valence-electron chi connectivity index (χ2n) is 3.04. The van der Waals surface area contributed by atoms with Crippen molar-refractivity contribution < 1.29 is 14.3 Å². The molecule has 1 rings (SSSR count). The van der Waals surface area contributed by atoms with Gasteiger partial charge < -0.3 is 4.74 Å². The second-order valence-corrected chi connectivity index (χ2v) is 3.60. The summed E-state index contributed by atoms with van der Waals surface area (Å²) in [7, 11) is 0. The van der Waals surface area contributed by atoms with Gasteiger partial charge in [-0.25, -0.2) is 0 Å². The molecule has 1 aromatic carbocycles. The number of halogens is 1. The fourth-order valence-corrected chi connectivity index (χ4v) is 1.42. The van der Waals surface area contributed by atoms with Crippen molar-refractivity contribution in [1.82, 2.24) is 0 Å². The van der Waals surface area contributed by atoms with Crippen LogP contribution in [0.15, 0.2) is 24.3 Å². The quantitative estimate of drug-likeness (QED) is 0.479. The lowest BCUT2D eigenvalue weighted by molar-refractivity contribution is -0.142. The van der Waals surface area contributed by atoms with E-state index >= 15 is 0 Å². The van der Waals surface area contributed by atoms with Gasteiger partial charge in [0.1, 0.15) is 6.61 Å². The van der Waals surface area contributed by atoms with E-state index in [9.17, 15) is 9.59 Å². The minimum absolute atomic E-state index is 0.0136. The minimum Gasteiger partial charge on any atom is -0.461 e. The van der Waals surface area contributed by atoms with E-state index in [4.69, 9.17) is 4.74 Å². The molecule has 0 radical (unpaired) electrons. The smallest absolute Gasteiger partial charge is 0.302 e. The first-order valence-corrected chi connectivity index (χ1v) is 5.57. The van der Waals surface area contributed by atoms with Crippen LogP contribution in [0, 0.1) is 0 Å². The van der Waals surface area contributed by atoms with Gasteiger partial charge >= 0.3 is 5.97 Å². The first-order chi connectivity index (χ1) is 7.13. The molecule has 0 spiro atoms. The fraction of sp³-hybridized carbons (Fsp3) is 0.273. The molecule has 0 aliphatic carbocycles. The Labute approximate surface area is 96.6 Å². The molecule has 0 N–H and O–H groups in total. The van der Waals surface area contributed by atoms with E-state index in [0.717, 1.165) is 5.56 Å². The summed E-state index contributed by atoms with van der Waals surface area (Å²) in [4.78, 5) is 21.9. The molecule has 1 aromatic rings. The Kier molecular flexibility index (Phi) is 4.49. The van der Waals surface area contributed by atoms with E-state index in [1.807, 2.05) is 6.07 Å². The van der Waals surface area contributed by atoms with E-state index in [-0.39, 0.29) is 18.4 Å². The zero-order chi connectivity index (χ0) is 11.3. The van der Waals surface area contributed by atoms with Crippen molar-refractivity contribution in [2.75, 3.05) is 5.33 Å². The summed E-state index contributed by atoms with van der Waals surface area (Å²) in [6.45, 7) is 1.56. The third-order valence-corrected chi connectivity index (χ3v) is 2.32. The topological polar surface area (TPSA) is 43.4 Å². The zero-order valence-electron chi connectivity index (χ0n) is 8.33. The van der Waals surface area contributed by atoms with E-state index in [0.29, 0.717) is 10.9 Å². The number of rotatable bonds is 4. The molecule has 0 aliphatic rings.